The van der Waals surface area contributed by atoms with Crippen LogP contribution in [0.25, 0.3) is 0 Å². The summed E-state index contributed by atoms with van der Waals surface area (Å²) in [5, 5.41) is 0. The molecule has 2 aromatic carbocycles. The van der Waals surface area contributed by atoms with Crippen LogP contribution in [-0.2, 0) is 0 Å². The van der Waals surface area contributed by atoms with Gasteiger partial charge >= 0.3 is 0 Å². The predicted molar refractivity (Wildman–Crippen MR) is 88.0 cm³/mol. The number of nitrogens with zero attached hydrogens (tertiary/aromatic N) is 1. The van der Waals surface area contributed by atoms with Crippen molar-refractivity contribution in [2.75, 3.05) is 30.9 Å². The Morgan fingerprint density at radius 1 is 1.05 bits per heavy atom. The van der Waals surface area contributed by atoms with Gasteiger partial charge in [-0.1, -0.05) is 24.3 Å². The van der Waals surface area contributed by atoms with E-state index in [0.29, 0.717) is 0 Å². The van der Waals surface area contributed by atoms with Crippen LogP contribution >= 0.6 is 11.8 Å². The average molecular weight is 287 g/mol. The number of hydrogen-bond donors (Lipinski definition) is 0. The Hall–Kier alpha value is -1.61. The van der Waals surface area contributed by atoms with Crippen LogP contribution in [0.4, 0.5) is 5.69 Å². The Balaban J connectivity index is 1.91. The third-order valence-corrected chi connectivity index (χ3v) is 4.17. The summed E-state index contributed by atoms with van der Waals surface area (Å²) in [5.41, 5.74) is 1.22. The van der Waals surface area contributed by atoms with E-state index in [1.54, 1.807) is 7.11 Å². The second-order valence-electron chi connectivity index (χ2n) is 4.44. The first-order valence-electron chi connectivity index (χ1n) is 6.90. The molecule has 2 rings (SSSR count). The second kappa shape index (κ2) is 7.85. The first kappa shape index (κ1) is 14.8. The van der Waals surface area contributed by atoms with Gasteiger partial charge in [-0.25, -0.2) is 0 Å². The molecule has 0 aliphatic rings. The number of hydrogen-bond acceptors (Lipinski definition) is 3. The van der Waals surface area contributed by atoms with E-state index >= 15 is 0 Å². The number of benzene rings is 2. The predicted octanol–water partition coefficient (Wildman–Crippen LogP) is 4.31. The molecule has 106 valence electrons. The summed E-state index contributed by atoms with van der Waals surface area (Å²) in [6.45, 7) is 4.22. The maximum Gasteiger partial charge on any atom is 0.120 e. The number of methoxy groups -OCH3 is 1. The summed E-state index contributed by atoms with van der Waals surface area (Å²) in [5.74, 6) is 1.99. The summed E-state index contributed by atoms with van der Waals surface area (Å²) in [7, 11) is 1.71. The topological polar surface area (TPSA) is 12.5 Å². The Kier molecular flexibility index (Phi) is 5.81. The van der Waals surface area contributed by atoms with Gasteiger partial charge in [-0.05, 0) is 31.2 Å². The summed E-state index contributed by atoms with van der Waals surface area (Å²) >= 11 is 1.90. The molecule has 0 amide bonds. The molecule has 0 aliphatic heterocycles. The SMILES string of the molecule is CCN(CCSc1ccccc1)c1cccc(OC)c1. The third-order valence-electron chi connectivity index (χ3n) is 3.17. The fraction of sp³-hybridized carbons (Fsp3) is 0.294. The lowest BCUT2D eigenvalue weighted by atomic mass is 10.2. The van der Waals surface area contributed by atoms with E-state index in [-0.39, 0.29) is 0 Å². The highest BCUT2D eigenvalue weighted by molar-refractivity contribution is 7.99. The maximum atomic E-state index is 5.29. The van der Waals surface area contributed by atoms with Gasteiger partial charge in [0.2, 0.25) is 0 Å². The highest BCUT2D eigenvalue weighted by Crippen LogP contribution is 2.22. The van der Waals surface area contributed by atoms with Crippen molar-refractivity contribution in [1.82, 2.24) is 0 Å². The van der Waals surface area contributed by atoms with Gasteiger partial charge in [0, 0.05) is 35.5 Å². The normalized spacial score (nSPS) is 10.3. The van der Waals surface area contributed by atoms with Crippen molar-refractivity contribution < 1.29 is 4.74 Å². The van der Waals surface area contributed by atoms with Crippen molar-refractivity contribution in [1.29, 1.82) is 0 Å². The molecule has 0 saturated heterocycles. The zero-order chi connectivity index (χ0) is 14.2. The molecule has 0 atom stereocenters. The quantitative estimate of drug-likeness (QED) is 0.704. The van der Waals surface area contributed by atoms with Crippen LogP contribution in [0.5, 0.6) is 5.75 Å². The molecular formula is C17H21NOS. The van der Waals surface area contributed by atoms with E-state index in [9.17, 15) is 0 Å². The third kappa shape index (κ3) is 4.20. The van der Waals surface area contributed by atoms with Gasteiger partial charge < -0.3 is 9.64 Å². The minimum absolute atomic E-state index is 0.914. The Labute approximate surface area is 125 Å². The van der Waals surface area contributed by atoms with Crippen LogP contribution in [0, 0.1) is 0 Å². The summed E-state index contributed by atoms with van der Waals surface area (Å²) in [6, 6.07) is 18.8. The van der Waals surface area contributed by atoms with Gasteiger partial charge in [-0.2, -0.15) is 0 Å². The fourth-order valence-corrected chi connectivity index (χ4v) is 2.96. The average Bonchev–Trinajstić information content (AvgIpc) is 2.52. The molecule has 0 aliphatic carbocycles. The van der Waals surface area contributed by atoms with Gasteiger partial charge in [-0.3, -0.25) is 0 Å². The van der Waals surface area contributed by atoms with Crippen LogP contribution in [0.1, 0.15) is 6.92 Å². The number of ether oxygens (including phenoxy) is 1. The lowest BCUT2D eigenvalue weighted by molar-refractivity contribution is 0.415. The smallest absolute Gasteiger partial charge is 0.120 e. The molecule has 3 heteroatoms. The fourth-order valence-electron chi connectivity index (χ4n) is 2.07. The minimum atomic E-state index is 0.914. The Bertz CT molecular complexity index is 515. The van der Waals surface area contributed by atoms with Crippen molar-refractivity contribution in [3.63, 3.8) is 0 Å². The summed E-state index contributed by atoms with van der Waals surface area (Å²) in [6.07, 6.45) is 0. The highest BCUT2D eigenvalue weighted by atomic mass is 32.2. The van der Waals surface area contributed by atoms with Crippen LogP contribution in [0.3, 0.4) is 0 Å². The molecule has 0 fully saturated rings. The molecule has 0 heterocycles. The molecule has 2 nitrogen and oxygen atoms in total. The van der Waals surface area contributed by atoms with Gasteiger partial charge in [0.15, 0.2) is 0 Å². The zero-order valence-electron chi connectivity index (χ0n) is 12.1. The summed E-state index contributed by atoms with van der Waals surface area (Å²) < 4.78 is 5.29. The molecule has 0 N–H and O–H groups in total. The number of thioether (sulfide) groups is 1. The molecule has 0 unspecified atom stereocenters. The largest absolute Gasteiger partial charge is 0.497 e. The van der Waals surface area contributed by atoms with E-state index in [4.69, 9.17) is 4.74 Å². The van der Waals surface area contributed by atoms with Crippen LogP contribution in [0.15, 0.2) is 59.5 Å². The van der Waals surface area contributed by atoms with Crippen LogP contribution < -0.4 is 9.64 Å². The lowest BCUT2D eigenvalue weighted by Gasteiger charge is -2.23. The summed E-state index contributed by atoms with van der Waals surface area (Å²) in [4.78, 5) is 3.70. The van der Waals surface area contributed by atoms with Crippen molar-refractivity contribution in [2.24, 2.45) is 0 Å². The zero-order valence-corrected chi connectivity index (χ0v) is 12.9. The van der Waals surface area contributed by atoms with Gasteiger partial charge in [0.25, 0.3) is 0 Å². The molecule has 0 spiro atoms. The monoisotopic (exact) mass is 287 g/mol. The number of anilines is 1. The van der Waals surface area contributed by atoms with E-state index in [1.165, 1.54) is 10.6 Å². The number of rotatable bonds is 7. The van der Waals surface area contributed by atoms with Crippen LogP contribution in [-0.4, -0.2) is 26.0 Å². The molecule has 0 radical (unpaired) electrons. The Morgan fingerprint density at radius 2 is 1.85 bits per heavy atom. The van der Waals surface area contributed by atoms with Crippen LogP contribution in [0.2, 0.25) is 0 Å². The lowest BCUT2D eigenvalue weighted by Crippen LogP contribution is -2.25. The molecule has 0 bridgehead atoms. The maximum absolute atomic E-state index is 5.29. The first-order valence-corrected chi connectivity index (χ1v) is 7.89. The van der Waals surface area contributed by atoms with Gasteiger partial charge in [0.1, 0.15) is 5.75 Å². The Morgan fingerprint density at radius 3 is 2.55 bits per heavy atom. The standard InChI is InChI=1S/C17H21NOS/c1-3-18(15-8-7-9-16(14-15)19-2)12-13-20-17-10-5-4-6-11-17/h4-11,14H,3,12-13H2,1-2H3. The molecule has 0 aromatic heterocycles. The molecule has 2 aromatic rings. The highest BCUT2D eigenvalue weighted by Gasteiger charge is 2.05. The van der Waals surface area contributed by atoms with Crippen molar-refractivity contribution in [2.45, 2.75) is 11.8 Å². The van der Waals surface area contributed by atoms with E-state index in [2.05, 4.69) is 54.3 Å². The van der Waals surface area contributed by atoms with Crippen molar-refractivity contribution in [3.8, 4) is 5.75 Å². The molecule has 20 heavy (non-hydrogen) atoms. The van der Waals surface area contributed by atoms with Crippen molar-refractivity contribution in [3.05, 3.63) is 54.6 Å². The van der Waals surface area contributed by atoms with Gasteiger partial charge in [-0.15, -0.1) is 11.8 Å². The van der Waals surface area contributed by atoms with E-state index in [1.807, 2.05) is 23.9 Å². The van der Waals surface area contributed by atoms with E-state index in [0.717, 1.165) is 24.6 Å². The van der Waals surface area contributed by atoms with Gasteiger partial charge in [0.05, 0.1) is 7.11 Å². The minimum Gasteiger partial charge on any atom is -0.497 e. The first-order chi connectivity index (χ1) is 9.83. The molecule has 0 saturated carbocycles. The second-order valence-corrected chi connectivity index (χ2v) is 5.61. The van der Waals surface area contributed by atoms with E-state index < -0.39 is 0 Å². The molecular weight excluding hydrogens is 266 g/mol. The van der Waals surface area contributed by atoms with Crippen molar-refractivity contribution >= 4 is 17.4 Å².